The van der Waals surface area contributed by atoms with Crippen LogP contribution in [0.25, 0.3) is 0 Å². The summed E-state index contributed by atoms with van der Waals surface area (Å²) in [7, 11) is 0. The van der Waals surface area contributed by atoms with Gasteiger partial charge in [-0.25, -0.2) is 0 Å². The average molecular weight is 309 g/mol. The first-order valence-corrected chi connectivity index (χ1v) is 7.90. The first-order chi connectivity index (χ1) is 11.2. The van der Waals surface area contributed by atoms with Crippen LogP contribution in [0.15, 0.2) is 48.8 Å². The summed E-state index contributed by atoms with van der Waals surface area (Å²) in [6, 6.07) is 11.5. The third-order valence-electron chi connectivity index (χ3n) is 4.58. The maximum Gasteiger partial charge on any atom is 0.255 e. The smallest absolute Gasteiger partial charge is 0.255 e. The zero-order valence-electron chi connectivity index (χ0n) is 12.9. The van der Waals surface area contributed by atoms with Gasteiger partial charge in [-0.1, -0.05) is 18.2 Å². The van der Waals surface area contributed by atoms with E-state index in [1.165, 1.54) is 5.56 Å². The highest BCUT2D eigenvalue weighted by atomic mass is 16.5. The Morgan fingerprint density at radius 3 is 3.04 bits per heavy atom. The molecule has 0 radical (unpaired) electrons. The topological polar surface area (TPSA) is 54.5 Å². The maximum absolute atomic E-state index is 12.5. The predicted octanol–water partition coefficient (Wildman–Crippen LogP) is 1.85. The van der Waals surface area contributed by atoms with Crippen molar-refractivity contribution in [1.29, 1.82) is 0 Å². The lowest BCUT2D eigenvalue weighted by Gasteiger charge is -2.28. The summed E-state index contributed by atoms with van der Waals surface area (Å²) < 4.78 is 5.93. The molecule has 2 aliphatic rings. The second-order valence-electron chi connectivity index (χ2n) is 6.34. The normalized spacial score (nSPS) is 23.9. The van der Waals surface area contributed by atoms with E-state index in [1.807, 2.05) is 36.5 Å². The van der Waals surface area contributed by atoms with Crippen molar-refractivity contribution in [3.8, 4) is 5.75 Å². The first-order valence-electron chi connectivity index (χ1n) is 7.90. The fourth-order valence-corrected chi connectivity index (χ4v) is 3.40. The second kappa shape index (κ2) is 5.66. The van der Waals surface area contributed by atoms with E-state index in [0.717, 1.165) is 26.1 Å². The molecular formula is C18H19N3O2. The van der Waals surface area contributed by atoms with E-state index in [0.29, 0.717) is 17.9 Å². The molecular weight excluding hydrogens is 290 g/mol. The number of carbonyl (C=O) groups excluding carboxylic acids is 1. The number of likely N-dealkylation sites (tertiary alicyclic amines) is 1. The van der Waals surface area contributed by atoms with Crippen LogP contribution in [0.2, 0.25) is 0 Å². The van der Waals surface area contributed by atoms with Crippen molar-refractivity contribution in [3.05, 3.63) is 59.9 Å². The molecule has 0 aliphatic carbocycles. The summed E-state index contributed by atoms with van der Waals surface area (Å²) in [6.07, 6.45) is 4.57. The van der Waals surface area contributed by atoms with E-state index in [9.17, 15) is 4.79 Å². The molecule has 1 N–H and O–H groups in total. The van der Waals surface area contributed by atoms with E-state index >= 15 is 0 Å². The lowest BCUT2D eigenvalue weighted by atomic mass is 10.00. The Labute approximate surface area is 135 Å². The van der Waals surface area contributed by atoms with E-state index in [-0.39, 0.29) is 11.4 Å². The number of nitrogens with one attached hydrogen (secondary N) is 1. The number of para-hydroxylation sites is 1. The van der Waals surface area contributed by atoms with Crippen LogP contribution < -0.4 is 10.1 Å². The molecule has 118 valence electrons. The molecule has 3 heterocycles. The van der Waals surface area contributed by atoms with Crippen molar-refractivity contribution in [2.24, 2.45) is 0 Å². The molecule has 1 spiro atoms. The van der Waals surface area contributed by atoms with E-state index in [1.54, 1.807) is 6.20 Å². The minimum Gasteiger partial charge on any atom is -0.490 e. The summed E-state index contributed by atoms with van der Waals surface area (Å²) in [4.78, 5) is 19.0. The molecule has 1 amide bonds. The fraction of sp³-hybridized carbons (Fsp3) is 0.333. The summed E-state index contributed by atoms with van der Waals surface area (Å²) in [5.41, 5.74) is 1.50. The van der Waals surface area contributed by atoms with Crippen LogP contribution in [0.5, 0.6) is 5.75 Å². The van der Waals surface area contributed by atoms with Crippen LogP contribution >= 0.6 is 0 Å². The lowest BCUT2D eigenvalue weighted by molar-refractivity contribution is 0.0888. The Balaban J connectivity index is 1.49. The van der Waals surface area contributed by atoms with E-state index < -0.39 is 0 Å². The number of aromatic nitrogens is 1. The van der Waals surface area contributed by atoms with Gasteiger partial charge in [0.25, 0.3) is 5.91 Å². The first kappa shape index (κ1) is 14.2. The number of ether oxygens (including phenoxy) is 1. The minimum atomic E-state index is -0.307. The number of amides is 1. The van der Waals surface area contributed by atoms with Crippen molar-refractivity contribution in [3.63, 3.8) is 0 Å². The zero-order valence-corrected chi connectivity index (χ0v) is 12.9. The summed E-state index contributed by atoms with van der Waals surface area (Å²) in [6.45, 7) is 3.09. The molecule has 2 aromatic rings. The van der Waals surface area contributed by atoms with Crippen molar-refractivity contribution < 1.29 is 9.53 Å². The highest BCUT2D eigenvalue weighted by Crippen LogP contribution is 2.29. The highest BCUT2D eigenvalue weighted by Gasteiger charge is 2.42. The third-order valence-corrected chi connectivity index (χ3v) is 4.58. The van der Waals surface area contributed by atoms with Crippen LogP contribution in [-0.4, -0.2) is 41.0 Å². The molecule has 5 heteroatoms. The van der Waals surface area contributed by atoms with Gasteiger partial charge in [0.2, 0.25) is 0 Å². The molecule has 1 fully saturated rings. The molecule has 0 saturated carbocycles. The van der Waals surface area contributed by atoms with Crippen LogP contribution in [0.3, 0.4) is 0 Å². The summed E-state index contributed by atoms with van der Waals surface area (Å²) in [5, 5.41) is 3.20. The van der Waals surface area contributed by atoms with E-state index in [4.69, 9.17) is 4.74 Å². The van der Waals surface area contributed by atoms with Gasteiger partial charge in [-0.15, -0.1) is 0 Å². The predicted molar refractivity (Wildman–Crippen MR) is 86.3 cm³/mol. The average Bonchev–Trinajstić information content (AvgIpc) is 2.90. The molecule has 5 nitrogen and oxygen atoms in total. The van der Waals surface area contributed by atoms with Gasteiger partial charge in [0.1, 0.15) is 12.4 Å². The third kappa shape index (κ3) is 2.80. The molecule has 1 aromatic carbocycles. The molecule has 23 heavy (non-hydrogen) atoms. The number of hydrogen-bond acceptors (Lipinski definition) is 4. The monoisotopic (exact) mass is 309 g/mol. The number of fused-ring (bicyclic) bond motifs is 1. The van der Waals surface area contributed by atoms with Gasteiger partial charge in [-0.3, -0.25) is 14.7 Å². The maximum atomic E-state index is 12.5. The van der Waals surface area contributed by atoms with Crippen LogP contribution in [0.4, 0.5) is 0 Å². The fourth-order valence-electron chi connectivity index (χ4n) is 3.40. The number of nitrogens with zero attached hydrogens (tertiary/aromatic N) is 2. The zero-order chi connectivity index (χ0) is 15.7. The van der Waals surface area contributed by atoms with E-state index in [2.05, 4.69) is 21.3 Å². The largest absolute Gasteiger partial charge is 0.490 e. The number of hydrogen-bond donors (Lipinski definition) is 1. The Bertz CT molecular complexity index is 719. The van der Waals surface area contributed by atoms with Gasteiger partial charge >= 0.3 is 0 Å². The number of benzene rings is 1. The Morgan fingerprint density at radius 2 is 2.17 bits per heavy atom. The molecule has 1 atom stereocenters. The van der Waals surface area contributed by atoms with Gasteiger partial charge in [-0.2, -0.15) is 0 Å². The number of rotatable bonds is 2. The van der Waals surface area contributed by atoms with Gasteiger partial charge in [0.05, 0.1) is 11.1 Å². The lowest BCUT2D eigenvalue weighted by Crippen LogP contribution is -2.53. The van der Waals surface area contributed by atoms with Crippen molar-refractivity contribution >= 4 is 5.91 Å². The molecule has 4 rings (SSSR count). The van der Waals surface area contributed by atoms with Crippen molar-refractivity contribution in [1.82, 2.24) is 15.2 Å². The Morgan fingerprint density at radius 1 is 1.26 bits per heavy atom. The molecule has 1 saturated heterocycles. The van der Waals surface area contributed by atoms with Gasteiger partial charge in [0, 0.05) is 32.0 Å². The molecule has 1 unspecified atom stereocenters. The Hall–Kier alpha value is -2.40. The standard InChI is InChI=1S/C18H19N3O2/c22-17-15-5-1-2-6-16(15)23-13-18(20-17)7-9-21(12-18)11-14-4-3-8-19-10-14/h1-6,8,10H,7,9,11-13H2,(H,20,22). The van der Waals surface area contributed by atoms with Crippen molar-refractivity contribution in [2.45, 2.75) is 18.5 Å². The Kier molecular flexibility index (Phi) is 3.50. The molecule has 1 aromatic heterocycles. The minimum absolute atomic E-state index is 0.0404. The number of pyridine rings is 1. The molecule has 2 aliphatic heterocycles. The van der Waals surface area contributed by atoms with Crippen LogP contribution in [0.1, 0.15) is 22.3 Å². The SMILES string of the molecule is O=C1NC2(CCN(Cc3cccnc3)C2)COc2ccccc21. The number of carbonyl (C=O) groups is 1. The molecule has 0 bridgehead atoms. The summed E-state index contributed by atoms with van der Waals surface area (Å²) in [5.74, 6) is 0.633. The van der Waals surface area contributed by atoms with Crippen LogP contribution in [-0.2, 0) is 6.54 Å². The highest BCUT2D eigenvalue weighted by molar-refractivity contribution is 5.97. The van der Waals surface area contributed by atoms with Crippen molar-refractivity contribution in [2.75, 3.05) is 19.7 Å². The van der Waals surface area contributed by atoms with Gasteiger partial charge in [-0.05, 0) is 30.2 Å². The van der Waals surface area contributed by atoms with Crippen LogP contribution in [0, 0.1) is 0 Å². The van der Waals surface area contributed by atoms with Gasteiger partial charge in [0.15, 0.2) is 0 Å². The quantitative estimate of drug-likeness (QED) is 0.920. The summed E-state index contributed by atoms with van der Waals surface area (Å²) >= 11 is 0. The second-order valence-corrected chi connectivity index (χ2v) is 6.34. The van der Waals surface area contributed by atoms with Gasteiger partial charge < -0.3 is 10.1 Å².